The van der Waals surface area contributed by atoms with Crippen LogP contribution in [0.4, 0.5) is 4.39 Å². The highest BCUT2D eigenvalue weighted by molar-refractivity contribution is 9.12. The summed E-state index contributed by atoms with van der Waals surface area (Å²) in [7, 11) is 5.67. The van der Waals surface area contributed by atoms with Crippen LogP contribution in [0.5, 0.6) is 5.75 Å². The van der Waals surface area contributed by atoms with Crippen LogP contribution < -0.4 is 10.1 Å². The summed E-state index contributed by atoms with van der Waals surface area (Å²) in [6.07, 6.45) is 6.57. The summed E-state index contributed by atoms with van der Waals surface area (Å²) < 4.78 is 20.9. The number of Topliss-reactive ketones (excluding diaryl/α,β-unsaturated/α-hetero) is 2. The van der Waals surface area contributed by atoms with Crippen LogP contribution in [0.1, 0.15) is 60.0 Å². The maximum atomic E-state index is 14.8. The van der Waals surface area contributed by atoms with Crippen molar-refractivity contribution in [2.75, 3.05) is 40.8 Å². The molecule has 1 fully saturated rings. The second kappa shape index (κ2) is 13.4. The predicted molar refractivity (Wildman–Crippen MR) is 162 cm³/mol. The molecule has 40 heavy (non-hydrogen) atoms. The molecular formula is C33H40BrFN2O3. The Balaban J connectivity index is 1.85. The molecule has 2 atom stereocenters. The fourth-order valence-corrected chi connectivity index (χ4v) is 6.90. The molecule has 0 aromatic heterocycles. The fourth-order valence-electron chi connectivity index (χ4n) is 6.01. The maximum absolute atomic E-state index is 14.8. The molecule has 5 nitrogen and oxygen atoms in total. The van der Waals surface area contributed by atoms with Gasteiger partial charge in [-0.15, -0.1) is 0 Å². The van der Waals surface area contributed by atoms with Crippen molar-refractivity contribution in [1.29, 1.82) is 0 Å². The third-order valence-electron chi connectivity index (χ3n) is 8.22. The molecule has 1 saturated heterocycles. The Morgan fingerprint density at radius 2 is 1.95 bits per heavy atom. The zero-order valence-corrected chi connectivity index (χ0v) is 25.6. The standard InChI is InChI=1S/C33H40BrFN2O3/c1-22-26(13-8-14-29(22)35)30-27(31(38)23-10-7-12-25(18-23)40-4)19-33(20-28(30)34,15-5-6-17-37(2)3)32(39)24-11-9-16-36-21-24/h7-8,10,12-14,18,20,24,36H,5-6,9,11,15-17,19,21H2,1-4H3. The summed E-state index contributed by atoms with van der Waals surface area (Å²) >= 11 is 3.79. The van der Waals surface area contributed by atoms with E-state index in [0.29, 0.717) is 51.0 Å². The lowest BCUT2D eigenvalue weighted by atomic mass is 9.65. The van der Waals surface area contributed by atoms with Gasteiger partial charge in [-0.1, -0.05) is 52.7 Å². The number of halogens is 2. The van der Waals surface area contributed by atoms with Crippen molar-refractivity contribution in [3.8, 4) is 5.75 Å². The molecule has 4 rings (SSSR count). The smallest absolute Gasteiger partial charge is 0.189 e. The van der Waals surface area contributed by atoms with Crippen LogP contribution >= 0.6 is 15.9 Å². The van der Waals surface area contributed by atoms with Gasteiger partial charge in [-0.2, -0.15) is 0 Å². The van der Waals surface area contributed by atoms with E-state index in [-0.39, 0.29) is 29.7 Å². The number of unbranched alkanes of at least 4 members (excludes halogenated alkanes) is 1. The summed E-state index contributed by atoms with van der Waals surface area (Å²) in [6, 6.07) is 12.0. The molecule has 1 heterocycles. The molecule has 2 unspecified atom stereocenters. The minimum absolute atomic E-state index is 0.107. The molecule has 0 amide bonds. The largest absolute Gasteiger partial charge is 0.497 e. The van der Waals surface area contributed by atoms with E-state index in [1.54, 1.807) is 44.4 Å². The highest BCUT2D eigenvalue weighted by Crippen LogP contribution is 2.50. The number of carbonyl (C=O) groups is 2. The van der Waals surface area contributed by atoms with Crippen molar-refractivity contribution in [1.82, 2.24) is 10.2 Å². The molecule has 1 N–H and O–H groups in total. The van der Waals surface area contributed by atoms with Crippen molar-refractivity contribution >= 4 is 33.1 Å². The van der Waals surface area contributed by atoms with Gasteiger partial charge in [0, 0.05) is 33.7 Å². The number of nitrogens with zero attached hydrogens (tertiary/aromatic N) is 1. The minimum atomic E-state index is -0.830. The molecule has 2 aromatic rings. The molecular weight excluding hydrogens is 571 g/mol. The van der Waals surface area contributed by atoms with Crippen LogP contribution in [0, 0.1) is 24.1 Å². The summed E-state index contributed by atoms with van der Waals surface area (Å²) in [5, 5.41) is 3.39. The second-order valence-electron chi connectivity index (χ2n) is 11.3. The van der Waals surface area contributed by atoms with E-state index in [1.807, 2.05) is 26.2 Å². The summed E-state index contributed by atoms with van der Waals surface area (Å²) in [6.45, 7) is 4.23. The molecule has 0 bridgehead atoms. The lowest BCUT2D eigenvalue weighted by Gasteiger charge is -2.39. The van der Waals surface area contributed by atoms with Gasteiger partial charge in [-0.05, 0) is 95.5 Å². The first-order valence-corrected chi connectivity index (χ1v) is 14.9. The van der Waals surface area contributed by atoms with Crippen molar-refractivity contribution in [2.45, 2.75) is 45.4 Å². The summed E-state index contributed by atoms with van der Waals surface area (Å²) in [5.74, 6) is 0.162. The molecule has 1 aliphatic heterocycles. The normalized spacial score (nSPS) is 21.4. The number of methoxy groups -OCH3 is 1. The lowest BCUT2D eigenvalue weighted by molar-refractivity contribution is -0.131. The quantitative estimate of drug-likeness (QED) is 0.225. The fraction of sp³-hybridized carbons (Fsp3) is 0.455. The van der Waals surface area contributed by atoms with Crippen molar-refractivity contribution in [2.24, 2.45) is 11.3 Å². The molecule has 2 aliphatic rings. The van der Waals surface area contributed by atoms with Gasteiger partial charge in [0.2, 0.25) is 0 Å². The first kappa shape index (κ1) is 30.4. The van der Waals surface area contributed by atoms with E-state index in [4.69, 9.17) is 4.74 Å². The highest BCUT2D eigenvalue weighted by Gasteiger charge is 2.45. The Hall–Kier alpha value is -2.61. The SMILES string of the molecule is COc1cccc(C(=O)C2=C(c3cccc(F)c3C)C(Br)=CC(CCCCN(C)C)(C(=O)C3CCCNC3)C2)c1. The van der Waals surface area contributed by atoms with Crippen LogP contribution in [0.3, 0.4) is 0 Å². The first-order chi connectivity index (χ1) is 19.2. The molecule has 0 saturated carbocycles. The average molecular weight is 612 g/mol. The average Bonchev–Trinajstić information content (AvgIpc) is 2.96. The molecule has 7 heteroatoms. The number of benzene rings is 2. The van der Waals surface area contributed by atoms with E-state index in [9.17, 15) is 14.0 Å². The van der Waals surface area contributed by atoms with Crippen LogP contribution in [-0.4, -0.2) is 57.3 Å². The zero-order valence-electron chi connectivity index (χ0n) is 24.0. The van der Waals surface area contributed by atoms with Gasteiger partial charge in [0.25, 0.3) is 0 Å². The number of hydrogen-bond donors (Lipinski definition) is 1. The lowest BCUT2D eigenvalue weighted by Crippen LogP contribution is -2.43. The van der Waals surface area contributed by atoms with Crippen LogP contribution in [0.25, 0.3) is 5.57 Å². The van der Waals surface area contributed by atoms with E-state index < -0.39 is 5.41 Å². The summed E-state index contributed by atoms with van der Waals surface area (Å²) in [4.78, 5) is 30.8. The van der Waals surface area contributed by atoms with E-state index in [1.165, 1.54) is 6.07 Å². The molecule has 0 radical (unpaired) electrons. The third-order valence-corrected chi connectivity index (χ3v) is 8.84. The third kappa shape index (κ3) is 6.64. The predicted octanol–water partition coefficient (Wildman–Crippen LogP) is 6.75. The number of hydrogen-bond acceptors (Lipinski definition) is 5. The Labute approximate surface area is 246 Å². The van der Waals surface area contributed by atoms with E-state index >= 15 is 0 Å². The van der Waals surface area contributed by atoms with Gasteiger partial charge in [0.05, 0.1) is 12.5 Å². The Bertz CT molecular complexity index is 1310. The molecule has 214 valence electrons. The first-order valence-electron chi connectivity index (χ1n) is 14.1. The minimum Gasteiger partial charge on any atom is -0.497 e. The van der Waals surface area contributed by atoms with Crippen molar-refractivity contribution < 1.29 is 18.7 Å². The number of rotatable bonds is 11. The number of nitrogens with one attached hydrogen (secondary N) is 1. The Morgan fingerprint density at radius 3 is 2.65 bits per heavy atom. The van der Waals surface area contributed by atoms with Crippen LogP contribution in [0.2, 0.25) is 0 Å². The molecule has 1 aliphatic carbocycles. The van der Waals surface area contributed by atoms with Gasteiger partial charge in [-0.25, -0.2) is 4.39 Å². The summed E-state index contributed by atoms with van der Waals surface area (Å²) in [5.41, 5.74) is 1.96. The number of piperidine rings is 1. The van der Waals surface area contributed by atoms with Gasteiger partial charge >= 0.3 is 0 Å². The van der Waals surface area contributed by atoms with Gasteiger partial charge in [-0.3, -0.25) is 9.59 Å². The van der Waals surface area contributed by atoms with E-state index in [0.717, 1.165) is 38.8 Å². The second-order valence-corrected chi connectivity index (χ2v) is 12.2. The molecule has 2 aromatic carbocycles. The number of ether oxygens (including phenoxy) is 1. The molecule has 0 spiro atoms. The zero-order chi connectivity index (χ0) is 28.9. The Morgan fingerprint density at radius 1 is 1.18 bits per heavy atom. The van der Waals surface area contributed by atoms with Crippen molar-refractivity contribution in [3.63, 3.8) is 0 Å². The van der Waals surface area contributed by atoms with Gasteiger partial charge in [0.15, 0.2) is 5.78 Å². The number of allylic oxidation sites excluding steroid dienone is 4. The highest BCUT2D eigenvalue weighted by atomic mass is 79.9. The van der Waals surface area contributed by atoms with Gasteiger partial charge < -0.3 is 15.0 Å². The number of ketones is 2. The Kier molecular flexibility index (Phi) is 10.1. The monoisotopic (exact) mass is 610 g/mol. The number of carbonyl (C=O) groups excluding carboxylic acids is 2. The maximum Gasteiger partial charge on any atom is 0.189 e. The van der Waals surface area contributed by atoms with Crippen LogP contribution in [0.15, 0.2) is 58.6 Å². The van der Waals surface area contributed by atoms with Crippen LogP contribution in [-0.2, 0) is 4.79 Å². The van der Waals surface area contributed by atoms with Gasteiger partial charge in [0.1, 0.15) is 17.3 Å². The van der Waals surface area contributed by atoms with Crippen molar-refractivity contribution in [3.05, 3.63) is 81.1 Å². The topological polar surface area (TPSA) is 58.6 Å². The van der Waals surface area contributed by atoms with E-state index in [2.05, 4.69) is 26.1 Å².